The minimum Gasteiger partial charge on any atom is -0.386 e. The maximum atomic E-state index is 10.0. The number of nitrogens with zero attached hydrogens (tertiary/aromatic N) is 2. The van der Waals surface area contributed by atoms with Gasteiger partial charge in [-0.3, -0.25) is 0 Å². The Labute approximate surface area is 104 Å². The van der Waals surface area contributed by atoms with Crippen molar-refractivity contribution in [3.8, 4) is 0 Å². The fourth-order valence-electron chi connectivity index (χ4n) is 2.06. The van der Waals surface area contributed by atoms with E-state index in [-0.39, 0.29) is 0 Å². The van der Waals surface area contributed by atoms with Crippen LogP contribution < -0.4 is 4.90 Å². The molecule has 93 valence electrons. The summed E-state index contributed by atoms with van der Waals surface area (Å²) in [6, 6.07) is 9.14. The summed E-state index contributed by atoms with van der Waals surface area (Å²) in [6.07, 6.45) is 0. The third-order valence-electron chi connectivity index (χ3n) is 3.34. The van der Waals surface area contributed by atoms with Gasteiger partial charge >= 0.3 is 0 Å². The number of likely N-dealkylation sites (N-methyl/N-ethyl adjacent to an activating group) is 1. The first kappa shape index (κ1) is 12.4. The van der Waals surface area contributed by atoms with E-state index < -0.39 is 5.60 Å². The molecule has 3 nitrogen and oxygen atoms in total. The molecule has 0 saturated carbocycles. The van der Waals surface area contributed by atoms with Gasteiger partial charge in [-0.1, -0.05) is 12.1 Å². The second kappa shape index (κ2) is 4.67. The van der Waals surface area contributed by atoms with Crippen LogP contribution in [0.15, 0.2) is 18.2 Å². The van der Waals surface area contributed by atoms with Gasteiger partial charge in [-0.25, -0.2) is 0 Å². The number of anilines is 1. The lowest BCUT2D eigenvalue weighted by Crippen LogP contribution is -2.44. The SMILES string of the molecule is CN1CCN(c2[c]ccc(C(C)(C)O)c2)CC1. The predicted octanol–water partition coefficient (Wildman–Crippen LogP) is 1.47. The van der Waals surface area contributed by atoms with Gasteiger partial charge in [-0.05, 0) is 32.5 Å². The van der Waals surface area contributed by atoms with Gasteiger partial charge in [0.1, 0.15) is 0 Å². The minimum absolute atomic E-state index is 0.781. The molecule has 0 bridgehead atoms. The standard InChI is InChI=1S/C14H21N2O/c1-14(2,17)12-5-4-6-13(11-12)16-9-7-15(3)8-10-16/h4-5,11,17H,7-10H2,1-3H3. The molecule has 0 aromatic heterocycles. The fraction of sp³-hybridized carbons (Fsp3) is 0.571. The lowest BCUT2D eigenvalue weighted by Gasteiger charge is -2.34. The van der Waals surface area contributed by atoms with E-state index in [1.165, 1.54) is 0 Å². The normalized spacial score (nSPS) is 18.5. The number of aliphatic hydroxyl groups is 1. The van der Waals surface area contributed by atoms with Gasteiger partial charge in [-0.2, -0.15) is 0 Å². The van der Waals surface area contributed by atoms with Gasteiger partial charge in [0, 0.05) is 37.9 Å². The van der Waals surface area contributed by atoms with Crippen LogP contribution in [0.3, 0.4) is 0 Å². The first-order chi connectivity index (χ1) is 7.97. The molecule has 0 aliphatic carbocycles. The van der Waals surface area contributed by atoms with E-state index in [0.717, 1.165) is 37.4 Å². The van der Waals surface area contributed by atoms with Crippen molar-refractivity contribution in [1.29, 1.82) is 0 Å². The third-order valence-corrected chi connectivity index (χ3v) is 3.34. The number of hydrogen-bond donors (Lipinski definition) is 1. The summed E-state index contributed by atoms with van der Waals surface area (Å²) in [5.41, 5.74) is 1.26. The van der Waals surface area contributed by atoms with Crippen LogP contribution >= 0.6 is 0 Å². The molecule has 1 radical (unpaired) electrons. The molecule has 1 fully saturated rings. The molecule has 0 spiro atoms. The maximum Gasteiger partial charge on any atom is 0.0841 e. The molecule has 0 amide bonds. The highest BCUT2D eigenvalue weighted by molar-refractivity contribution is 5.49. The second-order valence-corrected chi connectivity index (χ2v) is 5.31. The molecule has 0 atom stereocenters. The summed E-state index contributed by atoms with van der Waals surface area (Å²) in [6.45, 7) is 7.86. The number of benzene rings is 1. The van der Waals surface area contributed by atoms with E-state index >= 15 is 0 Å². The van der Waals surface area contributed by atoms with E-state index in [9.17, 15) is 5.11 Å². The number of rotatable bonds is 2. The quantitative estimate of drug-likeness (QED) is 0.838. The second-order valence-electron chi connectivity index (χ2n) is 5.31. The molecule has 2 rings (SSSR count). The van der Waals surface area contributed by atoms with Gasteiger partial charge in [0.05, 0.1) is 5.60 Å². The molecule has 3 heteroatoms. The average molecular weight is 233 g/mol. The molecule has 1 aromatic carbocycles. The van der Waals surface area contributed by atoms with Crippen molar-refractivity contribution < 1.29 is 5.11 Å². The molecular formula is C14H21N2O. The lowest BCUT2D eigenvalue weighted by molar-refractivity contribution is 0.0786. The molecule has 0 unspecified atom stereocenters. The number of piperazine rings is 1. The fourth-order valence-corrected chi connectivity index (χ4v) is 2.06. The molecule has 1 saturated heterocycles. The van der Waals surface area contributed by atoms with E-state index in [1.807, 2.05) is 32.0 Å². The van der Waals surface area contributed by atoms with Crippen LogP contribution in [0.4, 0.5) is 5.69 Å². The summed E-state index contributed by atoms with van der Waals surface area (Å²) in [4.78, 5) is 4.66. The Balaban J connectivity index is 2.16. The molecule has 1 aromatic rings. The van der Waals surface area contributed by atoms with E-state index in [1.54, 1.807) is 0 Å². The summed E-state index contributed by atoms with van der Waals surface area (Å²) >= 11 is 0. The number of hydrogen-bond acceptors (Lipinski definition) is 3. The Morgan fingerprint density at radius 1 is 1.24 bits per heavy atom. The maximum absolute atomic E-state index is 10.0. The first-order valence-electron chi connectivity index (χ1n) is 6.15. The Morgan fingerprint density at radius 3 is 2.47 bits per heavy atom. The van der Waals surface area contributed by atoms with Crippen LogP contribution in [0, 0.1) is 6.07 Å². The van der Waals surface area contributed by atoms with E-state index in [0.29, 0.717) is 0 Å². The van der Waals surface area contributed by atoms with Crippen molar-refractivity contribution in [1.82, 2.24) is 4.90 Å². The zero-order valence-electron chi connectivity index (χ0n) is 10.9. The van der Waals surface area contributed by atoms with Crippen molar-refractivity contribution >= 4 is 5.69 Å². The molecule has 1 aliphatic heterocycles. The Bertz CT molecular complexity index is 376. The van der Waals surface area contributed by atoms with E-state index in [4.69, 9.17) is 0 Å². The molecule has 17 heavy (non-hydrogen) atoms. The van der Waals surface area contributed by atoms with Gasteiger partial charge in [0.15, 0.2) is 0 Å². The highest BCUT2D eigenvalue weighted by Crippen LogP contribution is 2.24. The van der Waals surface area contributed by atoms with Crippen molar-refractivity contribution in [3.05, 3.63) is 29.8 Å². The summed E-state index contributed by atoms with van der Waals surface area (Å²) in [7, 11) is 2.15. The Morgan fingerprint density at radius 2 is 1.88 bits per heavy atom. The van der Waals surface area contributed by atoms with Crippen molar-refractivity contribution in [3.63, 3.8) is 0 Å². The topological polar surface area (TPSA) is 26.7 Å². The van der Waals surface area contributed by atoms with Crippen LogP contribution in [-0.4, -0.2) is 43.2 Å². The highest BCUT2D eigenvalue weighted by Gasteiger charge is 2.19. The molecule has 1 aliphatic rings. The summed E-state index contributed by atoms with van der Waals surface area (Å²) < 4.78 is 0. The monoisotopic (exact) mass is 233 g/mol. The van der Waals surface area contributed by atoms with Crippen LogP contribution in [0.2, 0.25) is 0 Å². The van der Waals surface area contributed by atoms with Crippen LogP contribution in [0.25, 0.3) is 0 Å². The molecule has 1 heterocycles. The van der Waals surface area contributed by atoms with Gasteiger partial charge < -0.3 is 14.9 Å². The predicted molar refractivity (Wildman–Crippen MR) is 70.2 cm³/mol. The molecule has 1 N–H and O–H groups in total. The Kier molecular flexibility index (Phi) is 3.40. The van der Waals surface area contributed by atoms with Crippen molar-refractivity contribution in [2.75, 3.05) is 38.1 Å². The van der Waals surface area contributed by atoms with Crippen LogP contribution in [0.1, 0.15) is 19.4 Å². The van der Waals surface area contributed by atoms with Gasteiger partial charge in [-0.15, -0.1) is 0 Å². The van der Waals surface area contributed by atoms with Crippen molar-refractivity contribution in [2.45, 2.75) is 19.4 Å². The van der Waals surface area contributed by atoms with E-state index in [2.05, 4.69) is 22.9 Å². The average Bonchev–Trinajstić information content (AvgIpc) is 2.29. The molecular weight excluding hydrogens is 212 g/mol. The zero-order valence-corrected chi connectivity index (χ0v) is 10.9. The minimum atomic E-state index is -0.781. The van der Waals surface area contributed by atoms with Gasteiger partial charge in [0.2, 0.25) is 0 Å². The summed E-state index contributed by atoms with van der Waals surface area (Å²) in [5.74, 6) is 0. The third kappa shape index (κ3) is 2.99. The first-order valence-corrected chi connectivity index (χ1v) is 6.15. The largest absolute Gasteiger partial charge is 0.386 e. The van der Waals surface area contributed by atoms with Gasteiger partial charge in [0.25, 0.3) is 0 Å². The highest BCUT2D eigenvalue weighted by atomic mass is 16.3. The zero-order chi connectivity index (χ0) is 12.5. The summed E-state index contributed by atoms with van der Waals surface area (Å²) in [5, 5.41) is 10.0. The Hall–Kier alpha value is -1.06. The smallest absolute Gasteiger partial charge is 0.0841 e. The lowest BCUT2D eigenvalue weighted by atomic mass is 9.98. The van der Waals surface area contributed by atoms with Crippen molar-refractivity contribution in [2.24, 2.45) is 0 Å². The van der Waals surface area contributed by atoms with Crippen LogP contribution in [-0.2, 0) is 5.60 Å². The van der Waals surface area contributed by atoms with Crippen LogP contribution in [0.5, 0.6) is 0 Å².